The standard InChI is InChI=1S/C11H19NO5/c1-3-4-7-17-11(15)12-8(10(14)16-2)5-6-9(12)13/h8-9,13H,3-7H2,1-2H3. The Labute approximate surface area is 100 Å². The van der Waals surface area contributed by atoms with E-state index in [-0.39, 0.29) is 0 Å². The molecule has 1 fully saturated rings. The van der Waals surface area contributed by atoms with Gasteiger partial charge in [0.2, 0.25) is 0 Å². The summed E-state index contributed by atoms with van der Waals surface area (Å²) in [6.45, 7) is 2.28. The van der Waals surface area contributed by atoms with Gasteiger partial charge in [-0.15, -0.1) is 0 Å². The number of esters is 1. The number of aliphatic hydroxyl groups is 1. The quantitative estimate of drug-likeness (QED) is 0.587. The van der Waals surface area contributed by atoms with E-state index in [2.05, 4.69) is 4.74 Å². The van der Waals surface area contributed by atoms with Gasteiger partial charge in [0.25, 0.3) is 0 Å². The number of hydrogen-bond donors (Lipinski definition) is 1. The van der Waals surface area contributed by atoms with Crippen molar-refractivity contribution in [1.82, 2.24) is 4.90 Å². The van der Waals surface area contributed by atoms with E-state index in [4.69, 9.17) is 4.74 Å². The molecule has 0 bridgehead atoms. The normalized spacial score (nSPS) is 23.6. The zero-order chi connectivity index (χ0) is 12.8. The Kier molecular flexibility index (Phi) is 5.21. The van der Waals surface area contributed by atoms with E-state index in [9.17, 15) is 14.7 Å². The van der Waals surface area contributed by atoms with Crippen molar-refractivity contribution in [2.75, 3.05) is 13.7 Å². The first kappa shape index (κ1) is 13.8. The fourth-order valence-corrected chi connectivity index (χ4v) is 1.79. The molecule has 0 aromatic rings. The summed E-state index contributed by atoms with van der Waals surface area (Å²) < 4.78 is 9.57. The van der Waals surface area contributed by atoms with Crippen molar-refractivity contribution < 1.29 is 24.2 Å². The third-order valence-corrected chi connectivity index (χ3v) is 2.76. The number of carbonyl (C=O) groups excluding carboxylic acids is 2. The predicted octanol–water partition coefficient (Wildman–Crippen LogP) is 0.879. The Hall–Kier alpha value is -1.30. The van der Waals surface area contributed by atoms with Crippen LogP contribution in [0.4, 0.5) is 4.79 Å². The summed E-state index contributed by atoms with van der Waals surface area (Å²) >= 11 is 0. The summed E-state index contributed by atoms with van der Waals surface area (Å²) in [5, 5.41) is 9.65. The van der Waals surface area contributed by atoms with Crippen LogP contribution in [-0.4, -0.2) is 48.1 Å². The molecule has 0 aromatic heterocycles. The summed E-state index contributed by atoms with van der Waals surface area (Å²) in [6.07, 6.45) is 0.820. The predicted molar refractivity (Wildman–Crippen MR) is 59.1 cm³/mol. The molecule has 0 aliphatic carbocycles. The zero-order valence-electron chi connectivity index (χ0n) is 10.2. The first-order valence-corrected chi connectivity index (χ1v) is 5.82. The van der Waals surface area contributed by atoms with Gasteiger partial charge >= 0.3 is 12.1 Å². The van der Waals surface area contributed by atoms with Gasteiger partial charge in [0.1, 0.15) is 12.3 Å². The lowest BCUT2D eigenvalue weighted by molar-refractivity contribution is -0.147. The second kappa shape index (κ2) is 6.44. The van der Waals surface area contributed by atoms with Gasteiger partial charge in [0.05, 0.1) is 13.7 Å². The molecule has 6 nitrogen and oxygen atoms in total. The maximum Gasteiger partial charge on any atom is 0.412 e. The Balaban J connectivity index is 2.58. The second-order valence-electron chi connectivity index (χ2n) is 3.97. The van der Waals surface area contributed by atoms with Gasteiger partial charge in [-0.2, -0.15) is 0 Å². The first-order chi connectivity index (χ1) is 8.11. The van der Waals surface area contributed by atoms with Crippen LogP contribution in [0.3, 0.4) is 0 Å². The van der Waals surface area contributed by atoms with Gasteiger partial charge in [-0.1, -0.05) is 13.3 Å². The molecular weight excluding hydrogens is 226 g/mol. The van der Waals surface area contributed by atoms with Crippen LogP contribution in [0.15, 0.2) is 0 Å². The molecule has 0 radical (unpaired) electrons. The monoisotopic (exact) mass is 245 g/mol. The van der Waals surface area contributed by atoms with Crippen molar-refractivity contribution >= 4 is 12.1 Å². The van der Waals surface area contributed by atoms with Crippen LogP contribution in [0.5, 0.6) is 0 Å². The smallest absolute Gasteiger partial charge is 0.412 e. The number of rotatable bonds is 4. The van der Waals surface area contributed by atoms with E-state index in [1.807, 2.05) is 6.92 Å². The summed E-state index contributed by atoms with van der Waals surface area (Å²) in [7, 11) is 1.26. The Bertz CT molecular complexity index is 281. The van der Waals surface area contributed by atoms with Crippen LogP contribution in [0.1, 0.15) is 32.6 Å². The second-order valence-corrected chi connectivity index (χ2v) is 3.97. The van der Waals surface area contributed by atoms with Crippen molar-refractivity contribution in [3.05, 3.63) is 0 Å². The number of hydrogen-bond acceptors (Lipinski definition) is 5. The van der Waals surface area contributed by atoms with E-state index in [1.165, 1.54) is 7.11 Å². The number of methoxy groups -OCH3 is 1. The fourth-order valence-electron chi connectivity index (χ4n) is 1.79. The number of aliphatic hydroxyl groups excluding tert-OH is 1. The molecule has 98 valence electrons. The molecule has 1 N–H and O–H groups in total. The highest BCUT2D eigenvalue weighted by Gasteiger charge is 2.41. The number of nitrogens with zero attached hydrogens (tertiary/aromatic N) is 1. The van der Waals surface area contributed by atoms with Gasteiger partial charge in [-0.05, 0) is 19.3 Å². The number of ether oxygens (including phenoxy) is 2. The van der Waals surface area contributed by atoms with E-state index in [1.54, 1.807) is 0 Å². The van der Waals surface area contributed by atoms with Crippen molar-refractivity contribution in [2.45, 2.75) is 44.9 Å². The molecule has 1 amide bonds. The van der Waals surface area contributed by atoms with Crippen LogP contribution in [-0.2, 0) is 14.3 Å². The SMILES string of the molecule is CCCCOC(=O)N1C(O)CCC1C(=O)OC. The molecule has 0 spiro atoms. The van der Waals surface area contributed by atoms with E-state index in [0.29, 0.717) is 19.4 Å². The van der Waals surface area contributed by atoms with Crippen LogP contribution >= 0.6 is 0 Å². The average Bonchev–Trinajstić information content (AvgIpc) is 2.70. The first-order valence-electron chi connectivity index (χ1n) is 5.82. The summed E-state index contributed by atoms with van der Waals surface area (Å²) in [5.41, 5.74) is 0. The molecule has 6 heteroatoms. The Morgan fingerprint density at radius 3 is 2.71 bits per heavy atom. The van der Waals surface area contributed by atoms with Gasteiger partial charge < -0.3 is 14.6 Å². The fraction of sp³-hybridized carbons (Fsp3) is 0.818. The highest BCUT2D eigenvalue weighted by molar-refractivity contribution is 5.82. The lowest BCUT2D eigenvalue weighted by Crippen LogP contribution is -2.45. The minimum Gasteiger partial charge on any atom is -0.467 e. The van der Waals surface area contributed by atoms with Crippen LogP contribution in [0.2, 0.25) is 0 Å². The number of unbranched alkanes of at least 4 members (excludes halogenated alkanes) is 1. The largest absolute Gasteiger partial charge is 0.467 e. The molecule has 0 aromatic carbocycles. The number of carbonyl (C=O) groups is 2. The van der Waals surface area contributed by atoms with Crippen LogP contribution in [0.25, 0.3) is 0 Å². The topological polar surface area (TPSA) is 76.1 Å². The molecule has 1 heterocycles. The minimum atomic E-state index is -0.965. The molecule has 17 heavy (non-hydrogen) atoms. The molecule has 1 aliphatic rings. The van der Waals surface area contributed by atoms with Crippen molar-refractivity contribution in [3.8, 4) is 0 Å². The highest BCUT2D eigenvalue weighted by atomic mass is 16.6. The van der Waals surface area contributed by atoms with E-state index >= 15 is 0 Å². The Morgan fingerprint density at radius 2 is 2.12 bits per heavy atom. The minimum absolute atomic E-state index is 0.298. The third-order valence-electron chi connectivity index (χ3n) is 2.76. The van der Waals surface area contributed by atoms with Crippen LogP contribution < -0.4 is 0 Å². The van der Waals surface area contributed by atoms with Gasteiger partial charge in [-0.25, -0.2) is 9.59 Å². The molecule has 2 unspecified atom stereocenters. The van der Waals surface area contributed by atoms with E-state index < -0.39 is 24.3 Å². The number of likely N-dealkylation sites (tertiary alicyclic amines) is 1. The van der Waals surface area contributed by atoms with Crippen molar-refractivity contribution in [2.24, 2.45) is 0 Å². The highest BCUT2D eigenvalue weighted by Crippen LogP contribution is 2.24. The average molecular weight is 245 g/mol. The molecule has 1 rings (SSSR count). The van der Waals surface area contributed by atoms with Gasteiger partial charge in [0, 0.05) is 0 Å². The Morgan fingerprint density at radius 1 is 1.41 bits per heavy atom. The van der Waals surface area contributed by atoms with Crippen LogP contribution in [0, 0.1) is 0 Å². The maximum atomic E-state index is 11.7. The summed E-state index contributed by atoms with van der Waals surface area (Å²) in [6, 6.07) is -0.732. The summed E-state index contributed by atoms with van der Waals surface area (Å²) in [5.74, 6) is -0.519. The van der Waals surface area contributed by atoms with Gasteiger partial charge in [-0.3, -0.25) is 4.90 Å². The summed E-state index contributed by atoms with van der Waals surface area (Å²) in [4.78, 5) is 24.2. The molecular formula is C11H19NO5. The van der Waals surface area contributed by atoms with Crippen molar-refractivity contribution in [1.29, 1.82) is 0 Å². The number of amides is 1. The lowest BCUT2D eigenvalue weighted by Gasteiger charge is -2.24. The zero-order valence-corrected chi connectivity index (χ0v) is 10.2. The van der Waals surface area contributed by atoms with Gasteiger partial charge in [0.15, 0.2) is 0 Å². The molecule has 0 saturated carbocycles. The lowest BCUT2D eigenvalue weighted by atomic mass is 10.2. The van der Waals surface area contributed by atoms with E-state index in [0.717, 1.165) is 17.7 Å². The van der Waals surface area contributed by atoms with Crippen molar-refractivity contribution in [3.63, 3.8) is 0 Å². The molecule has 2 atom stereocenters. The molecule has 1 saturated heterocycles. The maximum absolute atomic E-state index is 11.7. The third kappa shape index (κ3) is 3.33. The molecule has 1 aliphatic heterocycles.